The summed E-state index contributed by atoms with van der Waals surface area (Å²) in [5, 5.41) is 9.60. The highest BCUT2D eigenvalue weighted by Crippen LogP contribution is 2.34. The Morgan fingerprint density at radius 3 is 3.09 bits per heavy atom. The third kappa shape index (κ3) is 1.25. The summed E-state index contributed by atoms with van der Waals surface area (Å²) in [6.45, 7) is 0. The molecule has 2 rings (SSSR count). The van der Waals surface area contributed by atoms with Crippen LogP contribution in [0.3, 0.4) is 0 Å². The Kier molecular flexibility index (Phi) is 1.82. The largest absolute Gasteiger partial charge is 0.389 e. The van der Waals surface area contributed by atoms with Crippen molar-refractivity contribution < 1.29 is 5.11 Å². The smallest absolute Gasteiger partial charge is 0.0756 e. The first-order valence-electron chi connectivity index (χ1n) is 4.42. The summed E-state index contributed by atoms with van der Waals surface area (Å²) in [4.78, 5) is 0. The van der Waals surface area contributed by atoms with Gasteiger partial charge in [0.05, 0.1) is 6.10 Å². The highest BCUT2D eigenvalue weighted by atomic mass is 16.3. The summed E-state index contributed by atoms with van der Waals surface area (Å²) < 4.78 is 0. The standard InChI is InChI=1S/C10H14O/c11-10-7-3-5-8-4-1-2-6-9(8)10/h1-2,6,8,10-11H,3-5,7H2. The molecule has 1 nitrogen and oxygen atoms in total. The van der Waals surface area contributed by atoms with Gasteiger partial charge in [-0.1, -0.05) is 18.2 Å². The van der Waals surface area contributed by atoms with Crippen LogP contribution in [0, 0.1) is 5.92 Å². The van der Waals surface area contributed by atoms with Gasteiger partial charge in [0, 0.05) is 0 Å². The van der Waals surface area contributed by atoms with Crippen molar-refractivity contribution in [2.75, 3.05) is 0 Å². The SMILES string of the molecule is OC1CCCC2CC=CC=C12. The molecule has 0 heterocycles. The summed E-state index contributed by atoms with van der Waals surface area (Å²) in [5.74, 6) is 0.656. The molecule has 60 valence electrons. The van der Waals surface area contributed by atoms with E-state index in [1.165, 1.54) is 18.4 Å². The Morgan fingerprint density at radius 2 is 2.27 bits per heavy atom. The highest BCUT2D eigenvalue weighted by Gasteiger charge is 2.25. The minimum absolute atomic E-state index is 0.140. The number of hydrogen-bond donors (Lipinski definition) is 1. The Morgan fingerprint density at radius 1 is 1.36 bits per heavy atom. The molecule has 2 aliphatic rings. The van der Waals surface area contributed by atoms with Gasteiger partial charge in [-0.15, -0.1) is 0 Å². The molecule has 1 heteroatoms. The van der Waals surface area contributed by atoms with Crippen LogP contribution in [0.4, 0.5) is 0 Å². The van der Waals surface area contributed by atoms with Crippen LogP contribution in [0.25, 0.3) is 0 Å². The van der Waals surface area contributed by atoms with E-state index in [1.807, 2.05) is 0 Å². The second-order valence-corrected chi connectivity index (χ2v) is 3.47. The van der Waals surface area contributed by atoms with E-state index in [0.29, 0.717) is 5.92 Å². The molecule has 0 aromatic carbocycles. The lowest BCUT2D eigenvalue weighted by Crippen LogP contribution is -2.24. The third-order valence-corrected chi connectivity index (χ3v) is 2.73. The van der Waals surface area contributed by atoms with Gasteiger partial charge in [-0.05, 0) is 37.2 Å². The topological polar surface area (TPSA) is 20.2 Å². The van der Waals surface area contributed by atoms with Crippen LogP contribution in [0.15, 0.2) is 23.8 Å². The summed E-state index contributed by atoms with van der Waals surface area (Å²) in [7, 11) is 0. The van der Waals surface area contributed by atoms with Gasteiger partial charge in [0.2, 0.25) is 0 Å². The van der Waals surface area contributed by atoms with Crippen LogP contribution in [0.2, 0.25) is 0 Å². The number of hydrogen-bond acceptors (Lipinski definition) is 1. The second kappa shape index (κ2) is 2.82. The molecule has 2 aliphatic carbocycles. The van der Waals surface area contributed by atoms with E-state index >= 15 is 0 Å². The van der Waals surface area contributed by atoms with E-state index in [1.54, 1.807) is 0 Å². The van der Waals surface area contributed by atoms with E-state index in [2.05, 4.69) is 18.2 Å². The Bertz CT molecular complexity index is 203. The third-order valence-electron chi connectivity index (χ3n) is 2.73. The van der Waals surface area contributed by atoms with Crippen molar-refractivity contribution in [2.24, 2.45) is 5.92 Å². The molecule has 0 aromatic rings. The van der Waals surface area contributed by atoms with Crippen LogP contribution >= 0.6 is 0 Å². The maximum Gasteiger partial charge on any atom is 0.0756 e. The van der Waals surface area contributed by atoms with Gasteiger partial charge in [-0.25, -0.2) is 0 Å². The van der Waals surface area contributed by atoms with Gasteiger partial charge in [0.15, 0.2) is 0 Å². The van der Waals surface area contributed by atoms with Gasteiger partial charge in [-0.3, -0.25) is 0 Å². The van der Waals surface area contributed by atoms with Crippen molar-refractivity contribution >= 4 is 0 Å². The lowest BCUT2D eigenvalue weighted by Gasteiger charge is -2.30. The molecule has 1 saturated carbocycles. The average Bonchev–Trinajstić information content (AvgIpc) is 2.06. The Labute approximate surface area is 67.4 Å². The fraction of sp³-hybridized carbons (Fsp3) is 0.600. The minimum atomic E-state index is -0.140. The molecule has 0 amide bonds. The van der Waals surface area contributed by atoms with Crippen LogP contribution in [-0.2, 0) is 0 Å². The lowest BCUT2D eigenvalue weighted by molar-refractivity contribution is 0.159. The molecular weight excluding hydrogens is 136 g/mol. The van der Waals surface area contributed by atoms with Crippen LogP contribution in [0.1, 0.15) is 25.7 Å². The monoisotopic (exact) mass is 150 g/mol. The van der Waals surface area contributed by atoms with Crippen LogP contribution in [-0.4, -0.2) is 11.2 Å². The van der Waals surface area contributed by atoms with Crippen molar-refractivity contribution in [3.63, 3.8) is 0 Å². The number of fused-ring (bicyclic) bond motifs is 1. The minimum Gasteiger partial charge on any atom is -0.389 e. The quantitative estimate of drug-likeness (QED) is 0.560. The van der Waals surface area contributed by atoms with Gasteiger partial charge in [-0.2, -0.15) is 0 Å². The predicted octanol–water partition coefficient (Wildman–Crippen LogP) is 2.03. The Hall–Kier alpha value is -0.560. The number of aliphatic hydroxyl groups excluding tert-OH is 1. The van der Waals surface area contributed by atoms with Crippen molar-refractivity contribution in [1.82, 2.24) is 0 Å². The second-order valence-electron chi connectivity index (χ2n) is 3.47. The fourth-order valence-corrected chi connectivity index (χ4v) is 2.09. The van der Waals surface area contributed by atoms with E-state index in [9.17, 15) is 5.11 Å². The van der Waals surface area contributed by atoms with Gasteiger partial charge >= 0.3 is 0 Å². The van der Waals surface area contributed by atoms with E-state index < -0.39 is 0 Å². The molecular formula is C10H14O. The molecule has 0 spiro atoms. The molecule has 2 unspecified atom stereocenters. The molecule has 0 aromatic heterocycles. The van der Waals surface area contributed by atoms with Gasteiger partial charge < -0.3 is 5.11 Å². The van der Waals surface area contributed by atoms with Crippen molar-refractivity contribution in [3.8, 4) is 0 Å². The molecule has 0 radical (unpaired) electrons. The fourth-order valence-electron chi connectivity index (χ4n) is 2.09. The zero-order chi connectivity index (χ0) is 7.68. The molecule has 0 saturated heterocycles. The highest BCUT2D eigenvalue weighted by molar-refractivity contribution is 5.25. The summed E-state index contributed by atoms with van der Waals surface area (Å²) >= 11 is 0. The van der Waals surface area contributed by atoms with Crippen molar-refractivity contribution in [3.05, 3.63) is 23.8 Å². The molecule has 0 aliphatic heterocycles. The van der Waals surface area contributed by atoms with Crippen LogP contribution in [0.5, 0.6) is 0 Å². The molecule has 1 N–H and O–H groups in total. The van der Waals surface area contributed by atoms with Crippen molar-refractivity contribution in [1.29, 1.82) is 0 Å². The van der Waals surface area contributed by atoms with E-state index in [4.69, 9.17) is 0 Å². The normalized spacial score (nSPS) is 36.3. The summed E-state index contributed by atoms with van der Waals surface area (Å²) in [5.41, 5.74) is 1.28. The molecule has 2 atom stereocenters. The Balaban J connectivity index is 2.20. The number of aliphatic hydroxyl groups is 1. The predicted molar refractivity (Wildman–Crippen MR) is 45.2 cm³/mol. The molecule has 0 bridgehead atoms. The molecule has 11 heavy (non-hydrogen) atoms. The van der Waals surface area contributed by atoms with Gasteiger partial charge in [0.1, 0.15) is 0 Å². The van der Waals surface area contributed by atoms with E-state index in [0.717, 1.165) is 12.8 Å². The molecule has 1 fully saturated rings. The average molecular weight is 150 g/mol. The van der Waals surface area contributed by atoms with E-state index in [-0.39, 0.29) is 6.10 Å². The zero-order valence-corrected chi connectivity index (χ0v) is 6.66. The van der Waals surface area contributed by atoms with Crippen LogP contribution < -0.4 is 0 Å². The maximum absolute atomic E-state index is 9.60. The summed E-state index contributed by atoms with van der Waals surface area (Å²) in [6.07, 6.45) is 10.8. The number of allylic oxidation sites excluding steroid dienone is 3. The first kappa shape index (κ1) is 7.11. The number of rotatable bonds is 0. The van der Waals surface area contributed by atoms with Gasteiger partial charge in [0.25, 0.3) is 0 Å². The first-order chi connectivity index (χ1) is 5.38. The maximum atomic E-state index is 9.60. The first-order valence-corrected chi connectivity index (χ1v) is 4.42. The summed E-state index contributed by atoms with van der Waals surface area (Å²) in [6, 6.07) is 0. The zero-order valence-electron chi connectivity index (χ0n) is 6.66. The van der Waals surface area contributed by atoms with Crippen molar-refractivity contribution in [2.45, 2.75) is 31.8 Å². The lowest BCUT2D eigenvalue weighted by atomic mass is 9.78.